The normalized spacial score (nSPS) is 15.8. The standard InChI is InChI=1S/C13H25N3O2/c1-3-13(14,4-2)12(18)15-8-7-11(17)16-9-5-6-10-16/h3-10,14H2,1-2H3,(H,15,18). The molecule has 5 heteroatoms. The van der Waals surface area contributed by atoms with Gasteiger partial charge in [0.25, 0.3) is 0 Å². The van der Waals surface area contributed by atoms with Crippen molar-refractivity contribution in [2.24, 2.45) is 5.73 Å². The van der Waals surface area contributed by atoms with Gasteiger partial charge in [-0.2, -0.15) is 0 Å². The Bertz CT molecular complexity index is 295. The maximum atomic E-state index is 11.9. The van der Waals surface area contributed by atoms with Crippen molar-refractivity contribution in [1.82, 2.24) is 10.2 Å². The highest BCUT2D eigenvalue weighted by atomic mass is 16.2. The molecule has 3 N–H and O–H groups in total. The highest BCUT2D eigenvalue weighted by Gasteiger charge is 2.29. The van der Waals surface area contributed by atoms with Gasteiger partial charge in [0.05, 0.1) is 5.54 Å². The molecule has 0 bridgehead atoms. The van der Waals surface area contributed by atoms with Gasteiger partial charge >= 0.3 is 0 Å². The fourth-order valence-corrected chi connectivity index (χ4v) is 2.15. The molecule has 1 fully saturated rings. The molecule has 1 rings (SSSR count). The fraction of sp³-hybridized carbons (Fsp3) is 0.846. The van der Waals surface area contributed by atoms with E-state index in [1.165, 1.54) is 0 Å². The van der Waals surface area contributed by atoms with Crippen LogP contribution in [0.15, 0.2) is 0 Å². The van der Waals surface area contributed by atoms with Crippen LogP contribution in [0.4, 0.5) is 0 Å². The highest BCUT2D eigenvalue weighted by molar-refractivity contribution is 5.86. The van der Waals surface area contributed by atoms with E-state index in [-0.39, 0.29) is 11.8 Å². The summed E-state index contributed by atoms with van der Waals surface area (Å²) in [5, 5.41) is 2.77. The molecule has 18 heavy (non-hydrogen) atoms. The van der Waals surface area contributed by atoms with Gasteiger partial charge in [0, 0.05) is 26.1 Å². The maximum Gasteiger partial charge on any atom is 0.240 e. The Morgan fingerprint density at radius 3 is 2.28 bits per heavy atom. The van der Waals surface area contributed by atoms with Crippen LogP contribution in [0.2, 0.25) is 0 Å². The van der Waals surface area contributed by atoms with E-state index in [4.69, 9.17) is 5.73 Å². The second kappa shape index (κ2) is 6.73. The molecule has 0 atom stereocenters. The monoisotopic (exact) mass is 255 g/mol. The van der Waals surface area contributed by atoms with Gasteiger partial charge in [-0.05, 0) is 25.7 Å². The van der Waals surface area contributed by atoms with Gasteiger partial charge in [-0.3, -0.25) is 9.59 Å². The quantitative estimate of drug-likeness (QED) is 0.731. The molecular weight excluding hydrogens is 230 g/mol. The Labute approximate surface area is 109 Å². The molecule has 0 spiro atoms. The molecule has 0 unspecified atom stereocenters. The zero-order chi connectivity index (χ0) is 13.6. The largest absolute Gasteiger partial charge is 0.354 e. The second-order valence-corrected chi connectivity index (χ2v) is 4.96. The first-order chi connectivity index (χ1) is 8.53. The second-order valence-electron chi connectivity index (χ2n) is 4.96. The van der Waals surface area contributed by atoms with Gasteiger partial charge in [-0.1, -0.05) is 13.8 Å². The Hall–Kier alpha value is -1.10. The number of amides is 2. The lowest BCUT2D eigenvalue weighted by atomic mass is 9.93. The number of carbonyl (C=O) groups is 2. The molecule has 104 valence electrons. The number of carbonyl (C=O) groups excluding carboxylic acids is 2. The van der Waals surface area contributed by atoms with Crippen LogP contribution < -0.4 is 11.1 Å². The summed E-state index contributed by atoms with van der Waals surface area (Å²) in [4.78, 5) is 25.5. The number of hydrogen-bond acceptors (Lipinski definition) is 3. The van der Waals surface area contributed by atoms with Crippen molar-refractivity contribution in [3.8, 4) is 0 Å². The van der Waals surface area contributed by atoms with Crippen molar-refractivity contribution in [3.63, 3.8) is 0 Å². The number of nitrogens with two attached hydrogens (primary N) is 1. The van der Waals surface area contributed by atoms with E-state index in [0.717, 1.165) is 25.9 Å². The molecular formula is C13H25N3O2. The Morgan fingerprint density at radius 1 is 1.22 bits per heavy atom. The summed E-state index contributed by atoms with van der Waals surface area (Å²) < 4.78 is 0. The Balaban J connectivity index is 2.28. The maximum absolute atomic E-state index is 11.9. The lowest BCUT2D eigenvalue weighted by molar-refractivity contribution is -0.130. The van der Waals surface area contributed by atoms with Crippen LogP contribution in [0.3, 0.4) is 0 Å². The van der Waals surface area contributed by atoms with Crippen molar-refractivity contribution < 1.29 is 9.59 Å². The lowest BCUT2D eigenvalue weighted by Gasteiger charge is -2.25. The summed E-state index contributed by atoms with van der Waals surface area (Å²) in [6.45, 7) is 5.90. The van der Waals surface area contributed by atoms with Crippen molar-refractivity contribution in [2.75, 3.05) is 19.6 Å². The Kier molecular flexibility index (Phi) is 5.59. The number of likely N-dealkylation sites (tertiary alicyclic amines) is 1. The first-order valence-electron chi connectivity index (χ1n) is 6.88. The van der Waals surface area contributed by atoms with Crippen LogP contribution in [0.1, 0.15) is 46.0 Å². The van der Waals surface area contributed by atoms with E-state index in [1.54, 1.807) is 0 Å². The zero-order valence-electron chi connectivity index (χ0n) is 11.5. The van der Waals surface area contributed by atoms with Crippen molar-refractivity contribution in [2.45, 2.75) is 51.5 Å². The molecule has 2 amide bonds. The van der Waals surface area contributed by atoms with Crippen LogP contribution in [0.25, 0.3) is 0 Å². The average Bonchev–Trinajstić information content (AvgIpc) is 2.91. The molecule has 0 radical (unpaired) electrons. The van der Waals surface area contributed by atoms with Crippen LogP contribution in [-0.2, 0) is 9.59 Å². The summed E-state index contributed by atoms with van der Waals surface area (Å²) in [7, 11) is 0. The predicted molar refractivity (Wildman–Crippen MR) is 70.9 cm³/mol. The smallest absolute Gasteiger partial charge is 0.240 e. The van der Waals surface area contributed by atoms with E-state index < -0.39 is 5.54 Å². The number of hydrogen-bond donors (Lipinski definition) is 2. The first-order valence-corrected chi connectivity index (χ1v) is 6.88. The molecule has 1 aliphatic heterocycles. The molecule has 0 saturated carbocycles. The van der Waals surface area contributed by atoms with Gasteiger partial charge in [0.15, 0.2) is 0 Å². The molecule has 0 aromatic rings. The van der Waals surface area contributed by atoms with Gasteiger partial charge in [0.2, 0.25) is 11.8 Å². The van der Waals surface area contributed by atoms with Crippen LogP contribution in [-0.4, -0.2) is 41.9 Å². The summed E-state index contributed by atoms with van der Waals surface area (Å²) in [5.74, 6) is -0.0230. The molecule has 1 heterocycles. The first kappa shape index (κ1) is 15.0. The third kappa shape index (κ3) is 3.70. The minimum absolute atomic E-state index is 0.128. The van der Waals surface area contributed by atoms with Gasteiger partial charge in [-0.25, -0.2) is 0 Å². The molecule has 0 aromatic carbocycles. The Morgan fingerprint density at radius 2 is 1.78 bits per heavy atom. The highest BCUT2D eigenvalue weighted by Crippen LogP contribution is 2.11. The van der Waals surface area contributed by atoms with E-state index in [9.17, 15) is 9.59 Å². The third-order valence-corrected chi connectivity index (χ3v) is 3.80. The molecule has 0 aliphatic carbocycles. The third-order valence-electron chi connectivity index (χ3n) is 3.80. The summed E-state index contributed by atoms with van der Waals surface area (Å²) in [5.41, 5.74) is 5.18. The van der Waals surface area contributed by atoms with E-state index in [1.807, 2.05) is 18.7 Å². The minimum Gasteiger partial charge on any atom is -0.354 e. The average molecular weight is 255 g/mol. The number of rotatable bonds is 6. The topological polar surface area (TPSA) is 75.4 Å². The van der Waals surface area contributed by atoms with Crippen molar-refractivity contribution in [3.05, 3.63) is 0 Å². The van der Waals surface area contributed by atoms with Crippen molar-refractivity contribution >= 4 is 11.8 Å². The fourth-order valence-electron chi connectivity index (χ4n) is 2.15. The minimum atomic E-state index is -0.795. The number of nitrogens with one attached hydrogen (secondary N) is 1. The summed E-state index contributed by atoms with van der Waals surface area (Å²) in [6, 6.07) is 0. The predicted octanol–water partition coefficient (Wildman–Crippen LogP) is 0.633. The van der Waals surface area contributed by atoms with E-state index in [2.05, 4.69) is 5.32 Å². The van der Waals surface area contributed by atoms with Crippen LogP contribution in [0, 0.1) is 0 Å². The SMILES string of the molecule is CCC(N)(CC)C(=O)NCCC(=O)N1CCCC1. The van der Waals surface area contributed by atoms with E-state index >= 15 is 0 Å². The van der Waals surface area contributed by atoms with Gasteiger partial charge in [0.1, 0.15) is 0 Å². The molecule has 5 nitrogen and oxygen atoms in total. The number of nitrogens with zero attached hydrogens (tertiary/aromatic N) is 1. The molecule has 1 aliphatic rings. The molecule has 0 aromatic heterocycles. The lowest BCUT2D eigenvalue weighted by Crippen LogP contribution is -2.53. The summed E-state index contributed by atoms with van der Waals surface area (Å²) >= 11 is 0. The summed E-state index contributed by atoms with van der Waals surface area (Å²) in [6.07, 6.45) is 3.77. The zero-order valence-corrected chi connectivity index (χ0v) is 11.5. The van der Waals surface area contributed by atoms with E-state index in [0.29, 0.717) is 25.8 Å². The van der Waals surface area contributed by atoms with Gasteiger partial charge in [-0.15, -0.1) is 0 Å². The van der Waals surface area contributed by atoms with Crippen molar-refractivity contribution in [1.29, 1.82) is 0 Å². The molecule has 1 saturated heterocycles. The van der Waals surface area contributed by atoms with Crippen LogP contribution >= 0.6 is 0 Å². The van der Waals surface area contributed by atoms with Crippen LogP contribution in [0.5, 0.6) is 0 Å². The van der Waals surface area contributed by atoms with Gasteiger partial charge < -0.3 is 16.0 Å².